The highest BCUT2D eigenvalue weighted by Crippen LogP contribution is 2.31. The Labute approximate surface area is 119 Å². The van der Waals surface area contributed by atoms with Crippen LogP contribution in [0, 0.1) is 11.8 Å². The first kappa shape index (κ1) is 15.8. The summed E-state index contributed by atoms with van der Waals surface area (Å²) in [6.07, 6.45) is 5.35. The number of benzene rings is 1. The van der Waals surface area contributed by atoms with E-state index in [1.807, 2.05) is 13.0 Å². The SMILES string of the molecule is C=C(/C=C\C)c1ccc([C@H](CC(C)C)C(C)C)cc1. The minimum absolute atomic E-state index is 0.657. The molecule has 0 bridgehead atoms. The summed E-state index contributed by atoms with van der Waals surface area (Å²) in [5, 5.41) is 0. The lowest BCUT2D eigenvalue weighted by atomic mass is 9.82. The van der Waals surface area contributed by atoms with E-state index >= 15 is 0 Å². The molecule has 0 aliphatic rings. The van der Waals surface area contributed by atoms with Gasteiger partial charge in [0.15, 0.2) is 0 Å². The lowest BCUT2D eigenvalue weighted by Crippen LogP contribution is -2.09. The van der Waals surface area contributed by atoms with E-state index in [0.29, 0.717) is 11.8 Å². The van der Waals surface area contributed by atoms with Crippen molar-refractivity contribution in [2.45, 2.75) is 47.0 Å². The van der Waals surface area contributed by atoms with Crippen molar-refractivity contribution in [3.05, 3.63) is 54.1 Å². The van der Waals surface area contributed by atoms with Crippen LogP contribution in [0.2, 0.25) is 0 Å². The standard InChI is InChI=1S/C19H28/c1-7-8-16(6)17-9-11-18(12-10-17)19(15(4)5)13-14(2)3/h7-12,14-15,19H,6,13H2,1-5H3/b8-7-/t19-/m1/s1. The normalized spacial score (nSPS) is 13.4. The van der Waals surface area contributed by atoms with Gasteiger partial charge in [-0.3, -0.25) is 0 Å². The van der Waals surface area contributed by atoms with E-state index in [9.17, 15) is 0 Å². The smallest absolute Gasteiger partial charge is 0.0136 e. The lowest BCUT2D eigenvalue weighted by Gasteiger charge is -2.23. The number of allylic oxidation sites excluding steroid dienone is 3. The Balaban J connectivity index is 2.92. The van der Waals surface area contributed by atoms with E-state index in [0.717, 1.165) is 11.5 Å². The molecule has 19 heavy (non-hydrogen) atoms. The average Bonchev–Trinajstić information content (AvgIpc) is 2.36. The molecular weight excluding hydrogens is 228 g/mol. The summed E-state index contributed by atoms with van der Waals surface area (Å²) in [5.74, 6) is 2.08. The fourth-order valence-electron chi connectivity index (χ4n) is 2.54. The van der Waals surface area contributed by atoms with Gasteiger partial charge in [0.2, 0.25) is 0 Å². The van der Waals surface area contributed by atoms with E-state index in [2.05, 4.69) is 64.6 Å². The third-order valence-corrected chi connectivity index (χ3v) is 3.61. The largest absolute Gasteiger partial charge is 0.0912 e. The Morgan fingerprint density at radius 1 is 1.11 bits per heavy atom. The molecule has 0 heterocycles. The molecule has 0 N–H and O–H groups in total. The Morgan fingerprint density at radius 3 is 2.11 bits per heavy atom. The second kappa shape index (κ2) is 7.33. The molecule has 1 rings (SSSR count). The number of hydrogen-bond donors (Lipinski definition) is 0. The zero-order chi connectivity index (χ0) is 14.4. The molecule has 1 aromatic rings. The van der Waals surface area contributed by atoms with Gasteiger partial charge in [0.05, 0.1) is 0 Å². The summed E-state index contributed by atoms with van der Waals surface area (Å²) in [6.45, 7) is 15.4. The third-order valence-electron chi connectivity index (χ3n) is 3.61. The number of hydrogen-bond acceptors (Lipinski definition) is 0. The van der Waals surface area contributed by atoms with Crippen molar-refractivity contribution in [3.63, 3.8) is 0 Å². The van der Waals surface area contributed by atoms with E-state index in [-0.39, 0.29) is 0 Å². The summed E-state index contributed by atoms with van der Waals surface area (Å²) in [6, 6.07) is 8.95. The molecule has 0 amide bonds. The van der Waals surface area contributed by atoms with Gasteiger partial charge < -0.3 is 0 Å². The fraction of sp³-hybridized carbons (Fsp3) is 0.474. The second-order valence-electron chi connectivity index (χ2n) is 6.13. The number of rotatable bonds is 6. The molecule has 0 spiro atoms. The van der Waals surface area contributed by atoms with Crippen LogP contribution in [0.3, 0.4) is 0 Å². The van der Waals surface area contributed by atoms with Gasteiger partial charge in [0.25, 0.3) is 0 Å². The molecule has 1 aromatic carbocycles. The summed E-state index contributed by atoms with van der Waals surface area (Å²) in [4.78, 5) is 0. The van der Waals surface area contributed by atoms with Crippen LogP contribution in [0.15, 0.2) is 43.0 Å². The zero-order valence-corrected chi connectivity index (χ0v) is 13.1. The quantitative estimate of drug-likeness (QED) is 0.542. The van der Waals surface area contributed by atoms with Gasteiger partial charge >= 0.3 is 0 Å². The Hall–Kier alpha value is -1.30. The van der Waals surface area contributed by atoms with Crippen LogP contribution < -0.4 is 0 Å². The van der Waals surface area contributed by atoms with Gasteiger partial charge in [-0.1, -0.05) is 70.7 Å². The van der Waals surface area contributed by atoms with Gasteiger partial charge in [0.1, 0.15) is 0 Å². The monoisotopic (exact) mass is 256 g/mol. The van der Waals surface area contributed by atoms with Crippen LogP contribution >= 0.6 is 0 Å². The zero-order valence-electron chi connectivity index (χ0n) is 13.1. The van der Waals surface area contributed by atoms with E-state index in [1.54, 1.807) is 0 Å². The van der Waals surface area contributed by atoms with Crippen molar-refractivity contribution in [1.29, 1.82) is 0 Å². The van der Waals surface area contributed by atoms with E-state index < -0.39 is 0 Å². The molecule has 0 saturated carbocycles. The van der Waals surface area contributed by atoms with Crippen LogP contribution in [0.4, 0.5) is 0 Å². The van der Waals surface area contributed by atoms with Crippen molar-refractivity contribution < 1.29 is 0 Å². The highest BCUT2D eigenvalue weighted by atomic mass is 14.2. The highest BCUT2D eigenvalue weighted by Gasteiger charge is 2.17. The molecule has 0 saturated heterocycles. The third kappa shape index (κ3) is 4.70. The van der Waals surface area contributed by atoms with Gasteiger partial charge in [-0.25, -0.2) is 0 Å². The molecule has 0 aromatic heterocycles. The molecule has 0 fully saturated rings. The van der Waals surface area contributed by atoms with Crippen molar-refractivity contribution >= 4 is 5.57 Å². The molecule has 1 atom stereocenters. The molecule has 0 nitrogen and oxygen atoms in total. The Kier molecular flexibility index (Phi) is 6.08. The first-order valence-corrected chi connectivity index (χ1v) is 7.37. The fourth-order valence-corrected chi connectivity index (χ4v) is 2.54. The lowest BCUT2D eigenvalue weighted by molar-refractivity contribution is 0.408. The maximum absolute atomic E-state index is 4.09. The molecule has 0 radical (unpaired) electrons. The van der Waals surface area contributed by atoms with Crippen molar-refractivity contribution in [3.8, 4) is 0 Å². The molecule has 0 heteroatoms. The predicted molar refractivity (Wildman–Crippen MR) is 87.3 cm³/mol. The van der Waals surface area contributed by atoms with Crippen molar-refractivity contribution in [1.82, 2.24) is 0 Å². The predicted octanol–water partition coefficient (Wildman–Crippen LogP) is 6.06. The second-order valence-corrected chi connectivity index (χ2v) is 6.13. The van der Waals surface area contributed by atoms with Crippen LogP contribution in [0.1, 0.15) is 58.1 Å². The van der Waals surface area contributed by atoms with Gasteiger partial charge in [-0.15, -0.1) is 0 Å². The van der Waals surface area contributed by atoms with Gasteiger partial charge in [-0.2, -0.15) is 0 Å². The molecule has 0 aliphatic heterocycles. The van der Waals surface area contributed by atoms with Gasteiger partial charge in [0, 0.05) is 0 Å². The van der Waals surface area contributed by atoms with E-state index in [1.165, 1.54) is 17.5 Å². The first-order valence-electron chi connectivity index (χ1n) is 7.37. The highest BCUT2D eigenvalue weighted by molar-refractivity contribution is 5.71. The molecule has 104 valence electrons. The minimum atomic E-state index is 0.657. The average molecular weight is 256 g/mol. The topological polar surface area (TPSA) is 0 Å². The van der Waals surface area contributed by atoms with Crippen LogP contribution in [-0.2, 0) is 0 Å². The summed E-state index contributed by atoms with van der Waals surface area (Å²) >= 11 is 0. The minimum Gasteiger partial charge on any atom is -0.0912 e. The molecular formula is C19H28. The van der Waals surface area contributed by atoms with Crippen LogP contribution in [0.25, 0.3) is 5.57 Å². The summed E-state index contributed by atoms with van der Waals surface area (Å²) in [7, 11) is 0. The summed E-state index contributed by atoms with van der Waals surface area (Å²) < 4.78 is 0. The Bertz CT molecular complexity index is 418. The molecule has 0 aliphatic carbocycles. The van der Waals surface area contributed by atoms with Crippen LogP contribution in [-0.4, -0.2) is 0 Å². The molecule has 0 unspecified atom stereocenters. The van der Waals surface area contributed by atoms with E-state index in [4.69, 9.17) is 0 Å². The van der Waals surface area contributed by atoms with Crippen LogP contribution in [0.5, 0.6) is 0 Å². The summed E-state index contributed by atoms with van der Waals surface area (Å²) in [5.41, 5.74) is 3.76. The van der Waals surface area contributed by atoms with Gasteiger partial charge in [-0.05, 0) is 47.8 Å². The van der Waals surface area contributed by atoms with Crippen molar-refractivity contribution in [2.24, 2.45) is 11.8 Å². The maximum Gasteiger partial charge on any atom is -0.0136 e. The first-order chi connectivity index (χ1) is 8.95. The van der Waals surface area contributed by atoms with Crippen molar-refractivity contribution in [2.75, 3.05) is 0 Å². The maximum atomic E-state index is 4.09. The Morgan fingerprint density at radius 2 is 1.68 bits per heavy atom.